The highest BCUT2D eigenvalue weighted by Crippen LogP contribution is 2.24. The van der Waals surface area contributed by atoms with Crippen molar-refractivity contribution in [3.8, 4) is 0 Å². The molecule has 0 saturated carbocycles. The van der Waals surface area contributed by atoms with Crippen LogP contribution in [0, 0.1) is 0 Å². The van der Waals surface area contributed by atoms with Gasteiger partial charge in [-0.2, -0.15) is 0 Å². The van der Waals surface area contributed by atoms with Crippen molar-refractivity contribution in [3.63, 3.8) is 0 Å². The summed E-state index contributed by atoms with van der Waals surface area (Å²) >= 11 is 12.1. The second kappa shape index (κ2) is 7.30. The van der Waals surface area contributed by atoms with Gasteiger partial charge in [-0.25, -0.2) is 4.98 Å². The molecule has 0 spiro atoms. The van der Waals surface area contributed by atoms with Gasteiger partial charge in [-0.3, -0.25) is 0 Å². The van der Waals surface area contributed by atoms with E-state index in [0.29, 0.717) is 10.9 Å². The van der Waals surface area contributed by atoms with Crippen LogP contribution in [0.3, 0.4) is 0 Å². The van der Waals surface area contributed by atoms with E-state index in [2.05, 4.69) is 34.4 Å². The van der Waals surface area contributed by atoms with E-state index in [1.807, 2.05) is 12.1 Å². The van der Waals surface area contributed by atoms with Crippen molar-refractivity contribution < 1.29 is 0 Å². The molecule has 1 heterocycles. The van der Waals surface area contributed by atoms with Crippen LogP contribution in [0.4, 0.5) is 0 Å². The molecule has 2 rings (SSSR count). The SMILES string of the molecule is CCN(CC)CCn1c(CCCl)nc2c(Cl)cccc21. The molecule has 0 saturated heterocycles. The van der Waals surface area contributed by atoms with Gasteiger partial charge in [-0.15, -0.1) is 11.6 Å². The first-order valence-electron chi connectivity index (χ1n) is 7.13. The average Bonchev–Trinajstić information content (AvgIpc) is 2.80. The minimum Gasteiger partial charge on any atom is -0.327 e. The molecule has 3 nitrogen and oxygen atoms in total. The number of aryl methyl sites for hydroxylation is 1. The molecule has 0 atom stereocenters. The zero-order chi connectivity index (χ0) is 14.5. The van der Waals surface area contributed by atoms with E-state index >= 15 is 0 Å². The van der Waals surface area contributed by atoms with Crippen molar-refractivity contribution in [3.05, 3.63) is 29.0 Å². The molecule has 1 aromatic heterocycles. The number of benzene rings is 1. The van der Waals surface area contributed by atoms with Crippen LogP contribution in [-0.4, -0.2) is 40.0 Å². The zero-order valence-electron chi connectivity index (χ0n) is 12.1. The third-order valence-electron chi connectivity index (χ3n) is 3.66. The Hall–Kier alpha value is -0.770. The lowest BCUT2D eigenvalue weighted by Gasteiger charge is -2.19. The Bertz CT molecular complexity index is 561. The van der Waals surface area contributed by atoms with Crippen LogP contribution in [0.2, 0.25) is 5.02 Å². The van der Waals surface area contributed by atoms with Crippen LogP contribution < -0.4 is 0 Å². The molecule has 0 radical (unpaired) electrons. The van der Waals surface area contributed by atoms with Gasteiger partial charge < -0.3 is 9.47 Å². The average molecular weight is 314 g/mol. The summed E-state index contributed by atoms with van der Waals surface area (Å²) in [5.74, 6) is 1.60. The molecule has 0 amide bonds. The second-order valence-electron chi connectivity index (χ2n) is 4.75. The third kappa shape index (κ3) is 3.27. The smallest absolute Gasteiger partial charge is 0.111 e. The number of hydrogen-bond acceptors (Lipinski definition) is 2. The molecular formula is C15H21Cl2N3. The number of imidazole rings is 1. The van der Waals surface area contributed by atoms with E-state index in [9.17, 15) is 0 Å². The van der Waals surface area contributed by atoms with Crippen LogP contribution in [-0.2, 0) is 13.0 Å². The van der Waals surface area contributed by atoms with Crippen molar-refractivity contribution in [1.29, 1.82) is 0 Å². The first kappa shape index (κ1) is 15.6. The maximum Gasteiger partial charge on any atom is 0.111 e. The number of para-hydroxylation sites is 1. The van der Waals surface area contributed by atoms with Crippen LogP contribution in [0.15, 0.2) is 18.2 Å². The van der Waals surface area contributed by atoms with E-state index in [1.165, 1.54) is 0 Å². The van der Waals surface area contributed by atoms with Crippen LogP contribution in [0.1, 0.15) is 19.7 Å². The first-order valence-corrected chi connectivity index (χ1v) is 8.04. The normalized spacial score (nSPS) is 11.7. The summed E-state index contributed by atoms with van der Waals surface area (Å²) < 4.78 is 2.25. The molecule has 1 aromatic carbocycles. The molecule has 0 unspecified atom stereocenters. The number of fused-ring (bicyclic) bond motifs is 1. The predicted octanol–water partition coefficient (Wildman–Crippen LogP) is 3.81. The lowest BCUT2D eigenvalue weighted by Crippen LogP contribution is -2.27. The zero-order valence-corrected chi connectivity index (χ0v) is 13.6. The maximum absolute atomic E-state index is 6.24. The van der Waals surface area contributed by atoms with Crippen molar-refractivity contribution in [2.75, 3.05) is 25.5 Å². The van der Waals surface area contributed by atoms with Crippen LogP contribution in [0.25, 0.3) is 11.0 Å². The summed E-state index contributed by atoms with van der Waals surface area (Å²) in [5.41, 5.74) is 1.98. The van der Waals surface area contributed by atoms with Crippen molar-refractivity contribution in [2.45, 2.75) is 26.8 Å². The van der Waals surface area contributed by atoms with Gasteiger partial charge in [0.2, 0.25) is 0 Å². The lowest BCUT2D eigenvalue weighted by molar-refractivity contribution is 0.290. The molecule has 0 aliphatic carbocycles. The molecular weight excluding hydrogens is 293 g/mol. The number of halogens is 2. The third-order valence-corrected chi connectivity index (χ3v) is 4.16. The van der Waals surface area contributed by atoms with Gasteiger partial charge in [-0.05, 0) is 25.2 Å². The Morgan fingerprint density at radius 3 is 2.65 bits per heavy atom. The number of rotatable bonds is 7. The summed E-state index contributed by atoms with van der Waals surface area (Å²) in [5, 5.41) is 0.708. The summed E-state index contributed by atoms with van der Waals surface area (Å²) in [6, 6.07) is 5.94. The Balaban J connectivity index is 2.33. The predicted molar refractivity (Wildman–Crippen MR) is 87.0 cm³/mol. The summed E-state index contributed by atoms with van der Waals surface area (Å²) in [7, 11) is 0. The van der Waals surface area contributed by atoms with E-state index in [4.69, 9.17) is 23.2 Å². The van der Waals surface area contributed by atoms with Crippen molar-refractivity contribution >= 4 is 34.2 Å². The fourth-order valence-corrected chi connectivity index (χ4v) is 2.85. The highest BCUT2D eigenvalue weighted by Gasteiger charge is 2.13. The number of hydrogen-bond donors (Lipinski definition) is 0. The molecule has 0 fully saturated rings. The standard InChI is InChI=1S/C15H21Cl2N3/c1-3-19(4-2)10-11-20-13-7-5-6-12(17)15(13)18-14(20)8-9-16/h5-7H,3-4,8-11H2,1-2H3. The highest BCUT2D eigenvalue weighted by atomic mass is 35.5. The van der Waals surface area contributed by atoms with Gasteiger partial charge in [0, 0.05) is 25.4 Å². The van der Waals surface area contributed by atoms with Crippen LogP contribution in [0.5, 0.6) is 0 Å². The van der Waals surface area contributed by atoms with E-state index in [1.54, 1.807) is 0 Å². The number of alkyl halides is 1. The quantitative estimate of drug-likeness (QED) is 0.725. The van der Waals surface area contributed by atoms with E-state index in [-0.39, 0.29) is 0 Å². The first-order chi connectivity index (χ1) is 9.71. The number of nitrogens with zero attached hydrogens (tertiary/aromatic N) is 3. The van der Waals surface area contributed by atoms with Crippen molar-refractivity contribution in [1.82, 2.24) is 14.5 Å². The topological polar surface area (TPSA) is 21.1 Å². The largest absolute Gasteiger partial charge is 0.327 e. The molecule has 0 bridgehead atoms. The number of aromatic nitrogens is 2. The van der Waals surface area contributed by atoms with E-state index in [0.717, 1.165) is 49.5 Å². The fraction of sp³-hybridized carbons (Fsp3) is 0.533. The van der Waals surface area contributed by atoms with E-state index < -0.39 is 0 Å². The number of likely N-dealkylation sites (N-methyl/N-ethyl adjacent to an activating group) is 1. The van der Waals surface area contributed by atoms with Crippen molar-refractivity contribution in [2.24, 2.45) is 0 Å². The summed E-state index contributed by atoms with van der Waals surface area (Å²) in [4.78, 5) is 7.06. The molecule has 110 valence electrons. The Morgan fingerprint density at radius 1 is 1.25 bits per heavy atom. The Kier molecular flexibility index (Phi) is 5.70. The van der Waals surface area contributed by atoms with Gasteiger partial charge in [0.25, 0.3) is 0 Å². The van der Waals surface area contributed by atoms with Gasteiger partial charge in [0.1, 0.15) is 11.3 Å². The summed E-state index contributed by atoms with van der Waals surface area (Å²) in [6.45, 7) is 8.44. The molecule has 0 aliphatic heterocycles. The fourth-order valence-electron chi connectivity index (χ4n) is 2.47. The molecule has 2 aromatic rings. The summed E-state index contributed by atoms with van der Waals surface area (Å²) in [6.07, 6.45) is 0.769. The minimum absolute atomic E-state index is 0.576. The van der Waals surface area contributed by atoms with Gasteiger partial charge >= 0.3 is 0 Å². The van der Waals surface area contributed by atoms with Gasteiger partial charge in [0.05, 0.1) is 10.5 Å². The molecule has 5 heteroatoms. The molecule has 20 heavy (non-hydrogen) atoms. The Labute approximate surface area is 130 Å². The maximum atomic E-state index is 6.24. The van der Waals surface area contributed by atoms with Crippen LogP contribution >= 0.6 is 23.2 Å². The highest BCUT2D eigenvalue weighted by molar-refractivity contribution is 6.34. The Morgan fingerprint density at radius 2 is 2.00 bits per heavy atom. The molecule has 0 aliphatic rings. The minimum atomic E-state index is 0.576. The second-order valence-corrected chi connectivity index (χ2v) is 5.54. The molecule has 0 N–H and O–H groups in total. The van der Waals surface area contributed by atoms with Gasteiger partial charge in [0.15, 0.2) is 0 Å². The van der Waals surface area contributed by atoms with Gasteiger partial charge in [-0.1, -0.05) is 31.5 Å². The monoisotopic (exact) mass is 313 g/mol. The lowest BCUT2D eigenvalue weighted by atomic mass is 10.3.